The van der Waals surface area contributed by atoms with Crippen LogP contribution in [0, 0.1) is 11.7 Å². The van der Waals surface area contributed by atoms with Crippen molar-refractivity contribution < 1.29 is 17.6 Å². The number of nitrogens with zero attached hydrogens (tertiary/aromatic N) is 4. The topological polar surface area (TPSA) is 170 Å². The summed E-state index contributed by atoms with van der Waals surface area (Å²) in [6.07, 6.45) is 8.53. The maximum absolute atomic E-state index is 14.6. The van der Waals surface area contributed by atoms with Crippen LogP contribution in [0.1, 0.15) is 24.8 Å². The smallest absolute Gasteiger partial charge is 0.224 e. The Morgan fingerprint density at radius 3 is 2.70 bits per heavy atom. The van der Waals surface area contributed by atoms with E-state index in [0.29, 0.717) is 57.4 Å². The van der Waals surface area contributed by atoms with Crippen molar-refractivity contribution in [3.63, 3.8) is 0 Å². The molecule has 0 aliphatic carbocycles. The minimum absolute atomic E-state index is 0.0127. The molecular formula is C33H32FN9O3S. The molecule has 14 heteroatoms. The van der Waals surface area contributed by atoms with Gasteiger partial charge in [0.2, 0.25) is 15.9 Å². The van der Waals surface area contributed by atoms with Crippen LogP contribution < -0.4 is 15.4 Å². The summed E-state index contributed by atoms with van der Waals surface area (Å²) >= 11 is 0. The lowest BCUT2D eigenvalue weighted by atomic mass is 9.94. The number of rotatable bonds is 9. The number of imidazole rings is 1. The second-order valence-electron chi connectivity index (χ2n) is 11.8. The van der Waals surface area contributed by atoms with E-state index < -0.39 is 15.8 Å². The molecule has 1 saturated heterocycles. The third-order valence-corrected chi connectivity index (χ3v) is 8.94. The lowest BCUT2D eigenvalue weighted by Gasteiger charge is -2.21. The van der Waals surface area contributed by atoms with E-state index in [4.69, 9.17) is 4.98 Å². The summed E-state index contributed by atoms with van der Waals surface area (Å²) < 4.78 is 40.2. The van der Waals surface area contributed by atoms with Crippen LogP contribution in [-0.4, -0.2) is 63.8 Å². The number of carbonyl (C=O) groups is 1. The Kier molecular flexibility index (Phi) is 8.22. The Labute approximate surface area is 269 Å². The van der Waals surface area contributed by atoms with Crippen molar-refractivity contribution in [1.29, 1.82) is 0 Å². The van der Waals surface area contributed by atoms with Crippen molar-refractivity contribution in [3.05, 3.63) is 78.5 Å². The van der Waals surface area contributed by atoms with E-state index >= 15 is 0 Å². The maximum Gasteiger partial charge on any atom is 0.224 e. The van der Waals surface area contributed by atoms with Gasteiger partial charge in [0, 0.05) is 41.9 Å². The highest BCUT2D eigenvalue weighted by atomic mass is 32.2. The quantitative estimate of drug-likeness (QED) is 0.149. The standard InChI is InChI=1S/C33H32FN9O3S/c1-47(45,46)38-16-20-10-22(13-24(34)11-20)26-6-9-37-32-30(26)40-33(41-32)31-27-15-21(2-3-28(27)42-43-31)23-14-25(18-36-17-23)39-29(44)12-19-4-7-35-8-5-19/h2-3,6,9-11,13-15,17-19,35,38H,4-5,7-8,12,16H2,1H3,(H,39,44)(H,42,43)(H,37,40,41). The molecule has 0 atom stereocenters. The Morgan fingerprint density at radius 1 is 1.02 bits per heavy atom. The SMILES string of the molecule is CS(=O)(=O)NCc1cc(F)cc(-c2ccnc3nc(-c4n[nH]c5ccc(-c6cncc(NC(=O)CC7CCNCC7)c6)cc45)[nH]c23)c1. The van der Waals surface area contributed by atoms with Gasteiger partial charge in [-0.1, -0.05) is 6.07 Å². The average molecular weight is 654 g/mol. The van der Waals surface area contributed by atoms with Gasteiger partial charge in [-0.3, -0.25) is 14.9 Å². The van der Waals surface area contributed by atoms with E-state index in [1.807, 2.05) is 24.3 Å². The summed E-state index contributed by atoms with van der Waals surface area (Å²) in [6, 6.07) is 13.9. The third-order valence-electron chi connectivity index (χ3n) is 8.27. The first-order chi connectivity index (χ1) is 22.7. The monoisotopic (exact) mass is 653 g/mol. The van der Waals surface area contributed by atoms with Crippen molar-refractivity contribution in [1.82, 2.24) is 40.2 Å². The number of nitrogens with one attached hydrogen (secondary N) is 5. The maximum atomic E-state index is 14.6. The second kappa shape index (κ2) is 12.6. The second-order valence-corrected chi connectivity index (χ2v) is 13.7. The number of amides is 1. The fourth-order valence-electron chi connectivity index (χ4n) is 5.99. The summed E-state index contributed by atoms with van der Waals surface area (Å²) in [5.74, 6) is 0.342. The Balaban J connectivity index is 1.18. The van der Waals surface area contributed by atoms with Crippen molar-refractivity contribution in [2.75, 3.05) is 24.7 Å². The van der Waals surface area contributed by atoms with Crippen molar-refractivity contribution in [3.8, 4) is 33.8 Å². The molecule has 1 amide bonds. The molecule has 1 aliphatic heterocycles. The number of fused-ring (bicyclic) bond motifs is 2. The molecule has 0 spiro atoms. The van der Waals surface area contributed by atoms with Gasteiger partial charge >= 0.3 is 0 Å². The molecule has 7 rings (SSSR count). The predicted octanol–water partition coefficient (Wildman–Crippen LogP) is 4.75. The molecule has 2 aromatic carbocycles. The van der Waals surface area contributed by atoms with Gasteiger partial charge in [0.1, 0.15) is 11.5 Å². The van der Waals surface area contributed by atoms with Crippen LogP contribution in [0.15, 0.2) is 67.1 Å². The van der Waals surface area contributed by atoms with Gasteiger partial charge in [0.05, 0.1) is 29.2 Å². The van der Waals surface area contributed by atoms with Gasteiger partial charge in [0.15, 0.2) is 11.5 Å². The average Bonchev–Trinajstić information content (AvgIpc) is 3.68. The highest BCUT2D eigenvalue weighted by Gasteiger charge is 2.19. The number of sulfonamides is 1. The van der Waals surface area contributed by atoms with Crippen LogP contribution >= 0.6 is 0 Å². The van der Waals surface area contributed by atoms with Gasteiger partial charge in [-0.25, -0.2) is 27.5 Å². The molecule has 240 valence electrons. The highest BCUT2D eigenvalue weighted by Crippen LogP contribution is 2.33. The summed E-state index contributed by atoms with van der Waals surface area (Å²) in [5, 5.41) is 14.7. The van der Waals surface area contributed by atoms with Crippen LogP contribution in [0.25, 0.3) is 55.8 Å². The van der Waals surface area contributed by atoms with Gasteiger partial charge in [-0.15, -0.1) is 0 Å². The Bertz CT molecular complexity index is 2230. The largest absolute Gasteiger partial charge is 0.335 e. The number of halogens is 1. The molecule has 5 N–H and O–H groups in total. The van der Waals surface area contributed by atoms with Crippen LogP contribution in [-0.2, 0) is 21.4 Å². The lowest BCUT2D eigenvalue weighted by molar-refractivity contribution is -0.117. The predicted molar refractivity (Wildman–Crippen MR) is 178 cm³/mol. The first-order valence-electron chi connectivity index (χ1n) is 15.2. The number of piperidine rings is 1. The van der Waals surface area contributed by atoms with Gasteiger partial charge in [0.25, 0.3) is 0 Å². The van der Waals surface area contributed by atoms with Gasteiger partial charge < -0.3 is 15.6 Å². The fourth-order valence-corrected chi connectivity index (χ4v) is 6.42. The number of aromatic nitrogens is 6. The molecule has 12 nitrogen and oxygen atoms in total. The molecule has 0 saturated carbocycles. The zero-order valence-corrected chi connectivity index (χ0v) is 26.3. The summed E-state index contributed by atoms with van der Waals surface area (Å²) in [4.78, 5) is 29.5. The molecule has 5 heterocycles. The van der Waals surface area contributed by atoms with E-state index in [1.54, 1.807) is 30.7 Å². The number of H-pyrrole nitrogens is 2. The number of hydrogen-bond acceptors (Lipinski definition) is 8. The van der Waals surface area contributed by atoms with Crippen molar-refractivity contribution in [2.45, 2.75) is 25.8 Å². The van der Waals surface area contributed by atoms with E-state index in [9.17, 15) is 17.6 Å². The lowest BCUT2D eigenvalue weighted by Crippen LogP contribution is -2.30. The van der Waals surface area contributed by atoms with E-state index in [2.05, 4.69) is 40.5 Å². The van der Waals surface area contributed by atoms with E-state index in [-0.39, 0.29) is 12.5 Å². The highest BCUT2D eigenvalue weighted by molar-refractivity contribution is 7.88. The van der Waals surface area contributed by atoms with Gasteiger partial charge in [-0.05, 0) is 91.0 Å². The molecule has 0 radical (unpaired) electrons. The zero-order valence-electron chi connectivity index (χ0n) is 25.5. The molecule has 1 fully saturated rings. The number of benzene rings is 2. The van der Waals surface area contributed by atoms with Crippen LogP contribution in [0.4, 0.5) is 10.1 Å². The molecule has 47 heavy (non-hydrogen) atoms. The van der Waals surface area contributed by atoms with E-state index in [1.165, 1.54) is 12.1 Å². The summed E-state index contributed by atoms with van der Waals surface area (Å²) in [6.45, 7) is 1.84. The molecule has 0 bridgehead atoms. The minimum atomic E-state index is -3.45. The summed E-state index contributed by atoms with van der Waals surface area (Å²) in [7, 11) is -3.45. The number of anilines is 1. The first-order valence-corrected chi connectivity index (χ1v) is 17.1. The van der Waals surface area contributed by atoms with Crippen LogP contribution in [0.3, 0.4) is 0 Å². The van der Waals surface area contributed by atoms with Crippen molar-refractivity contribution >= 4 is 43.7 Å². The number of carbonyl (C=O) groups excluding carboxylic acids is 1. The molecule has 6 aromatic rings. The van der Waals surface area contributed by atoms with Crippen LogP contribution in [0.2, 0.25) is 0 Å². The van der Waals surface area contributed by atoms with Crippen LogP contribution in [0.5, 0.6) is 0 Å². The van der Waals surface area contributed by atoms with Gasteiger partial charge in [-0.2, -0.15) is 5.10 Å². The molecule has 4 aromatic heterocycles. The zero-order chi connectivity index (χ0) is 32.5. The molecular weight excluding hydrogens is 621 g/mol. The summed E-state index contributed by atoms with van der Waals surface area (Å²) in [5.41, 5.74) is 6.39. The van der Waals surface area contributed by atoms with E-state index in [0.717, 1.165) is 54.2 Å². The molecule has 0 unspecified atom stereocenters. The fraction of sp³-hybridized carbons (Fsp3) is 0.242. The Morgan fingerprint density at radius 2 is 1.87 bits per heavy atom. The normalized spacial score (nSPS) is 14.2. The molecule has 1 aliphatic rings. The Hall–Kier alpha value is -5.05. The van der Waals surface area contributed by atoms with Crippen molar-refractivity contribution in [2.24, 2.45) is 5.92 Å². The first kappa shape index (κ1) is 30.6. The minimum Gasteiger partial charge on any atom is -0.335 e. The number of pyridine rings is 2. The third kappa shape index (κ3) is 6.89. The number of aromatic amines is 2. The number of hydrogen-bond donors (Lipinski definition) is 5.